The summed E-state index contributed by atoms with van der Waals surface area (Å²) in [4.78, 5) is 18.4. The first-order valence-electron chi connectivity index (χ1n) is 8.00. The highest BCUT2D eigenvalue weighted by atomic mass is 32.1. The first kappa shape index (κ1) is 15.7. The SMILES string of the molecule is O=C1NCN(Cc2ccnc(OCc3ccsc3)c2)c2ccccc21. The van der Waals surface area contributed by atoms with Crippen molar-refractivity contribution in [3.63, 3.8) is 0 Å². The number of anilines is 1. The van der Waals surface area contributed by atoms with Crippen molar-refractivity contribution in [2.24, 2.45) is 0 Å². The normalized spacial score (nSPS) is 13.3. The van der Waals surface area contributed by atoms with Gasteiger partial charge in [-0.3, -0.25) is 4.79 Å². The van der Waals surface area contributed by atoms with Crippen molar-refractivity contribution in [2.45, 2.75) is 13.2 Å². The van der Waals surface area contributed by atoms with E-state index in [0.29, 0.717) is 31.3 Å². The van der Waals surface area contributed by atoms with E-state index in [1.165, 1.54) is 0 Å². The van der Waals surface area contributed by atoms with Gasteiger partial charge in [-0.15, -0.1) is 0 Å². The summed E-state index contributed by atoms with van der Waals surface area (Å²) in [6.45, 7) is 1.68. The maximum Gasteiger partial charge on any atom is 0.254 e. The quantitative estimate of drug-likeness (QED) is 0.765. The molecule has 0 unspecified atom stereocenters. The highest BCUT2D eigenvalue weighted by Crippen LogP contribution is 2.25. The predicted octanol–water partition coefficient (Wildman–Crippen LogP) is 3.43. The zero-order chi connectivity index (χ0) is 17.1. The molecule has 6 heteroatoms. The Balaban J connectivity index is 1.49. The molecule has 2 aromatic heterocycles. The van der Waals surface area contributed by atoms with Gasteiger partial charge in [-0.2, -0.15) is 11.3 Å². The van der Waals surface area contributed by atoms with Crippen LogP contribution in [0.3, 0.4) is 0 Å². The van der Waals surface area contributed by atoms with E-state index in [9.17, 15) is 4.79 Å². The van der Waals surface area contributed by atoms with E-state index in [0.717, 1.165) is 16.8 Å². The number of aromatic nitrogens is 1. The molecular formula is C19H17N3O2S. The molecule has 0 bridgehead atoms. The van der Waals surface area contributed by atoms with Crippen molar-refractivity contribution in [1.82, 2.24) is 10.3 Å². The fourth-order valence-electron chi connectivity index (χ4n) is 2.81. The van der Waals surface area contributed by atoms with Crippen LogP contribution in [0.5, 0.6) is 5.88 Å². The molecule has 0 saturated carbocycles. The molecule has 0 saturated heterocycles. The minimum atomic E-state index is -0.0265. The monoisotopic (exact) mass is 351 g/mol. The molecule has 4 rings (SSSR count). The highest BCUT2D eigenvalue weighted by molar-refractivity contribution is 7.07. The summed E-state index contributed by atoms with van der Waals surface area (Å²) in [6, 6.07) is 13.6. The standard InChI is InChI=1S/C19H17N3O2S/c23-19-16-3-1-2-4-17(16)22(13-21-19)10-14-5-7-20-18(9-14)24-11-15-6-8-25-12-15/h1-9,12H,10-11,13H2,(H,21,23). The smallest absolute Gasteiger partial charge is 0.254 e. The number of para-hydroxylation sites is 1. The van der Waals surface area contributed by atoms with Gasteiger partial charge in [0.05, 0.1) is 17.9 Å². The zero-order valence-corrected chi connectivity index (χ0v) is 14.3. The minimum Gasteiger partial charge on any atom is -0.473 e. The van der Waals surface area contributed by atoms with Crippen LogP contribution in [0.2, 0.25) is 0 Å². The van der Waals surface area contributed by atoms with Crippen LogP contribution in [0.25, 0.3) is 0 Å². The number of nitrogens with zero attached hydrogens (tertiary/aromatic N) is 2. The molecule has 1 amide bonds. The number of ether oxygens (including phenoxy) is 1. The van der Waals surface area contributed by atoms with Gasteiger partial charge in [0.15, 0.2) is 0 Å². The average Bonchev–Trinajstić information content (AvgIpc) is 3.17. The molecule has 3 heterocycles. The fourth-order valence-corrected chi connectivity index (χ4v) is 3.46. The molecule has 1 N–H and O–H groups in total. The summed E-state index contributed by atoms with van der Waals surface area (Å²) in [5.74, 6) is 0.583. The van der Waals surface area contributed by atoms with E-state index in [1.54, 1.807) is 17.5 Å². The number of benzene rings is 1. The lowest BCUT2D eigenvalue weighted by molar-refractivity contribution is 0.0947. The summed E-state index contributed by atoms with van der Waals surface area (Å²) < 4.78 is 5.77. The lowest BCUT2D eigenvalue weighted by Gasteiger charge is -2.31. The lowest BCUT2D eigenvalue weighted by Crippen LogP contribution is -2.42. The summed E-state index contributed by atoms with van der Waals surface area (Å²) in [5.41, 5.74) is 3.88. The molecule has 3 aromatic rings. The van der Waals surface area contributed by atoms with Gasteiger partial charge in [0.25, 0.3) is 5.91 Å². The van der Waals surface area contributed by atoms with Crippen molar-refractivity contribution < 1.29 is 9.53 Å². The molecule has 0 fully saturated rings. The van der Waals surface area contributed by atoms with E-state index < -0.39 is 0 Å². The molecule has 0 spiro atoms. The Labute approximate surface area is 149 Å². The highest BCUT2D eigenvalue weighted by Gasteiger charge is 2.21. The number of carbonyl (C=O) groups excluding carboxylic acids is 1. The Kier molecular flexibility index (Phi) is 4.35. The number of thiophene rings is 1. The van der Waals surface area contributed by atoms with E-state index in [2.05, 4.69) is 20.6 Å². The number of nitrogens with one attached hydrogen (secondary N) is 1. The maximum atomic E-state index is 12.0. The largest absolute Gasteiger partial charge is 0.473 e. The van der Waals surface area contributed by atoms with Crippen molar-refractivity contribution in [3.05, 3.63) is 76.1 Å². The van der Waals surface area contributed by atoms with Crippen LogP contribution >= 0.6 is 11.3 Å². The summed E-state index contributed by atoms with van der Waals surface area (Å²) in [6.07, 6.45) is 1.76. The fraction of sp³-hybridized carbons (Fsp3) is 0.158. The Morgan fingerprint density at radius 1 is 1.20 bits per heavy atom. The van der Waals surface area contributed by atoms with E-state index in [4.69, 9.17) is 4.74 Å². The number of rotatable bonds is 5. The third kappa shape index (κ3) is 3.49. The Hall–Kier alpha value is -2.86. The maximum absolute atomic E-state index is 12.0. The third-order valence-corrected chi connectivity index (χ3v) is 4.79. The first-order valence-corrected chi connectivity index (χ1v) is 8.95. The number of pyridine rings is 1. The van der Waals surface area contributed by atoms with E-state index >= 15 is 0 Å². The number of fused-ring (bicyclic) bond motifs is 1. The lowest BCUT2D eigenvalue weighted by atomic mass is 10.1. The van der Waals surface area contributed by atoms with Crippen molar-refractivity contribution in [1.29, 1.82) is 0 Å². The molecule has 1 aliphatic rings. The number of amides is 1. The zero-order valence-electron chi connectivity index (χ0n) is 13.5. The molecule has 0 atom stereocenters. The van der Waals surface area contributed by atoms with Crippen LogP contribution in [-0.4, -0.2) is 17.6 Å². The molecule has 25 heavy (non-hydrogen) atoms. The predicted molar refractivity (Wildman–Crippen MR) is 97.8 cm³/mol. The van der Waals surface area contributed by atoms with Crippen LogP contribution in [0, 0.1) is 0 Å². The van der Waals surface area contributed by atoms with Crippen LogP contribution in [-0.2, 0) is 13.2 Å². The van der Waals surface area contributed by atoms with Crippen molar-refractivity contribution in [2.75, 3.05) is 11.6 Å². The topological polar surface area (TPSA) is 54.5 Å². The van der Waals surface area contributed by atoms with Gasteiger partial charge >= 0.3 is 0 Å². The molecular weight excluding hydrogens is 334 g/mol. The van der Waals surface area contributed by atoms with Gasteiger partial charge in [0.1, 0.15) is 6.61 Å². The van der Waals surface area contributed by atoms with Gasteiger partial charge in [0, 0.05) is 24.4 Å². The molecule has 5 nitrogen and oxygen atoms in total. The van der Waals surface area contributed by atoms with Gasteiger partial charge in [-0.05, 0) is 40.6 Å². The molecule has 0 aliphatic carbocycles. The van der Waals surface area contributed by atoms with Crippen molar-refractivity contribution >= 4 is 22.9 Å². The van der Waals surface area contributed by atoms with Gasteiger partial charge in [-0.1, -0.05) is 12.1 Å². The second-order valence-electron chi connectivity index (χ2n) is 5.80. The second-order valence-corrected chi connectivity index (χ2v) is 6.58. The van der Waals surface area contributed by atoms with Gasteiger partial charge in [0.2, 0.25) is 5.88 Å². The summed E-state index contributed by atoms with van der Waals surface area (Å²) >= 11 is 1.65. The first-order chi connectivity index (χ1) is 12.3. The Morgan fingerprint density at radius 3 is 3.00 bits per heavy atom. The van der Waals surface area contributed by atoms with E-state index in [-0.39, 0.29) is 5.91 Å². The molecule has 1 aliphatic heterocycles. The average molecular weight is 351 g/mol. The van der Waals surface area contributed by atoms with Crippen LogP contribution in [0.1, 0.15) is 21.5 Å². The summed E-state index contributed by atoms with van der Waals surface area (Å²) in [5, 5.41) is 7.01. The van der Waals surface area contributed by atoms with Crippen LogP contribution < -0.4 is 15.0 Å². The number of hydrogen-bond donors (Lipinski definition) is 1. The molecule has 1 aromatic carbocycles. The molecule has 0 radical (unpaired) electrons. The molecule has 126 valence electrons. The number of carbonyl (C=O) groups is 1. The van der Waals surface area contributed by atoms with Crippen molar-refractivity contribution in [3.8, 4) is 5.88 Å². The Morgan fingerprint density at radius 2 is 2.12 bits per heavy atom. The summed E-state index contributed by atoms with van der Waals surface area (Å²) in [7, 11) is 0. The van der Waals surface area contributed by atoms with Gasteiger partial charge < -0.3 is 15.0 Å². The van der Waals surface area contributed by atoms with Crippen LogP contribution in [0.4, 0.5) is 5.69 Å². The van der Waals surface area contributed by atoms with Gasteiger partial charge in [-0.25, -0.2) is 4.98 Å². The minimum absolute atomic E-state index is 0.0265. The second kappa shape index (κ2) is 6.94. The number of hydrogen-bond acceptors (Lipinski definition) is 5. The third-order valence-electron chi connectivity index (χ3n) is 4.06. The Bertz CT molecular complexity index is 880. The van der Waals surface area contributed by atoms with E-state index in [1.807, 2.05) is 47.8 Å². The van der Waals surface area contributed by atoms with Crippen LogP contribution in [0.15, 0.2) is 59.4 Å².